The van der Waals surface area contributed by atoms with Crippen molar-refractivity contribution in [2.24, 2.45) is 5.41 Å². The average molecular weight is 509 g/mol. The summed E-state index contributed by atoms with van der Waals surface area (Å²) in [6, 6.07) is 15.0. The molecule has 2 unspecified atom stereocenters. The van der Waals surface area contributed by atoms with E-state index in [1.165, 1.54) is 17.0 Å². The monoisotopic (exact) mass is 508 g/mol. The molecular formula is C28H27F3N4O2. The first-order valence-electron chi connectivity index (χ1n) is 12.0. The van der Waals surface area contributed by atoms with E-state index in [4.69, 9.17) is 0 Å². The lowest BCUT2D eigenvalue weighted by molar-refractivity contribution is -0.137. The van der Waals surface area contributed by atoms with Crippen LogP contribution in [0, 0.1) is 5.41 Å². The van der Waals surface area contributed by atoms with Gasteiger partial charge in [0.15, 0.2) is 0 Å². The largest absolute Gasteiger partial charge is 0.416 e. The molecule has 9 heteroatoms. The average Bonchev–Trinajstić information content (AvgIpc) is 3.19. The number of rotatable bonds is 4. The Labute approximate surface area is 213 Å². The van der Waals surface area contributed by atoms with Gasteiger partial charge in [-0.3, -0.25) is 19.5 Å². The van der Waals surface area contributed by atoms with Crippen molar-refractivity contribution in [2.45, 2.75) is 32.0 Å². The number of carbonyl (C=O) groups excluding carboxylic acids is 2. The van der Waals surface area contributed by atoms with Crippen LogP contribution in [-0.2, 0) is 11.0 Å². The lowest BCUT2D eigenvalue weighted by atomic mass is 9.71. The first kappa shape index (κ1) is 25.0. The molecule has 3 atom stereocenters. The standard InChI is InChI=1S/C28H27F3N4O2/c1-17(23-6-4-5-13-32-23)33-25(36)18-7-12-24-21(14-18)22-15-34(3)16-27(22,2)26(37)35(24)20-10-8-19(9-11-20)28(29,30)31/h4-14,17,22H,15-16H2,1-3H3,(H,33,36)/t17-,22?,27?/m0/s1. The molecule has 1 fully saturated rings. The summed E-state index contributed by atoms with van der Waals surface area (Å²) in [4.78, 5) is 34.8. The number of amides is 2. The second-order valence-electron chi connectivity index (χ2n) is 10.1. The van der Waals surface area contributed by atoms with Crippen molar-refractivity contribution in [3.8, 4) is 0 Å². The van der Waals surface area contributed by atoms with Gasteiger partial charge in [0.2, 0.25) is 5.91 Å². The van der Waals surface area contributed by atoms with Gasteiger partial charge in [-0.05, 0) is 81.1 Å². The van der Waals surface area contributed by atoms with Crippen molar-refractivity contribution in [3.63, 3.8) is 0 Å². The number of carbonyl (C=O) groups is 2. The van der Waals surface area contributed by atoms with Crippen molar-refractivity contribution in [1.29, 1.82) is 0 Å². The highest BCUT2D eigenvalue weighted by Crippen LogP contribution is 2.53. The lowest BCUT2D eigenvalue weighted by Crippen LogP contribution is -2.48. The van der Waals surface area contributed by atoms with Gasteiger partial charge < -0.3 is 10.2 Å². The molecule has 0 aliphatic carbocycles. The summed E-state index contributed by atoms with van der Waals surface area (Å²) in [6.45, 7) is 4.87. The highest BCUT2D eigenvalue weighted by molar-refractivity contribution is 6.08. The maximum atomic E-state index is 13.8. The number of likely N-dealkylation sites (N-methyl/N-ethyl adjacent to an activating group) is 1. The number of fused-ring (bicyclic) bond motifs is 3. The summed E-state index contributed by atoms with van der Waals surface area (Å²) in [5.74, 6) is -0.603. The minimum absolute atomic E-state index is 0.160. The van der Waals surface area contributed by atoms with Crippen LogP contribution < -0.4 is 10.2 Å². The van der Waals surface area contributed by atoms with E-state index < -0.39 is 17.2 Å². The first-order chi connectivity index (χ1) is 17.5. The van der Waals surface area contributed by atoms with Crippen LogP contribution in [0.1, 0.15) is 53.0 Å². The minimum atomic E-state index is -4.47. The molecule has 0 radical (unpaired) electrons. The van der Waals surface area contributed by atoms with Gasteiger partial charge >= 0.3 is 6.18 Å². The molecule has 2 amide bonds. The van der Waals surface area contributed by atoms with Crippen LogP contribution in [0.5, 0.6) is 0 Å². The Morgan fingerprint density at radius 3 is 2.51 bits per heavy atom. The van der Waals surface area contributed by atoms with Gasteiger partial charge in [0.25, 0.3) is 5.91 Å². The quantitative estimate of drug-likeness (QED) is 0.519. The minimum Gasteiger partial charge on any atom is -0.344 e. The van der Waals surface area contributed by atoms with Crippen molar-refractivity contribution in [1.82, 2.24) is 15.2 Å². The van der Waals surface area contributed by atoms with E-state index in [2.05, 4.69) is 15.2 Å². The number of nitrogens with one attached hydrogen (secondary N) is 1. The molecule has 5 rings (SSSR count). The summed E-state index contributed by atoms with van der Waals surface area (Å²) in [5.41, 5.74) is 1.37. The third-order valence-electron chi connectivity index (χ3n) is 7.39. The predicted octanol–water partition coefficient (Wildman–Crippen LogP) is 5.31. The molecule has 0 bridgehead atoms. The van der Waals surface area contributed by atoms with Gasteiger partial charge in [-0.2, -0.15) is 13.2 Å². The number of aromatic nitrogens is 1. The van der Waals surface area contributed by atoms with Crippen LogP contribution in [0.15, 0.2) is 66.9 Å². The molecule has 2 aromatic carbocycles. The smallest absolute Gasteiger partial charge is 0.344 e. The molecule has 6 nitrogen and oxygen atoms in total. The number of hydrogen-bond acceptors (Lipinski definition) is 4. The van der Waals surface area contributed by atoms with Crippen LogP contribution in [0.3, 0.4) is 0 Å². The molecule has 37 heavy (non-hydrogen) atoms. The number of nitrogens with zero attached hydrogens (tertiary/aromatic N) is 3. The third-order valence-corrected chi connectivity index (χ3v) is 7.39. The zero-order valence-corrected chi connectivity index (χ0v) is 20.7. The Morgan fingerprint density at radius 1 is 1.14 bits per heavy atom. The van der Waals surface area contributed by atoms with Crippen LogP contribution in [-0.4, -0.2) is 41.8 Å². The van der Waals surface area contributed by atoms with Gasteiger partial charge in [0.05, 0.1) is 28.4 Å². The van der Waals surface area contributed by atoms with Crippen molar-refractivity contribution in [2.75, 3.05) is 25.0 Å². The molecule has 0 saturated carbocycles. The molecule has 3 heterocycles. The molecule has 192 valence electrons. The Balaban J connectivity index is 1.53. The van der Waals surface area contributed by atoms with Crippen LogP contribution >= 0.6 is 0 Å². The van der Waals surface area contributed by atoms with Crippen LogP contribution in [0.25, 0.3) is 0 Å². The number of likely N-dealkylation sites (tertiary alicyclic amines) is 1. The highest BCUT2D eigenvalue weighted by atomic mass is 19.4. The van der Waals surface area contributed by atoms with Crippen LogP contribution in [0.4, 0.5) is 24.5 Å². The lowest BCUT2D eigenvalue weighted by Gasteiger charge is -2.42. The van der Waals surface area contributed by atoms with E-state index in [1.54, 1.807) is 30.5 Å². The second-order valence-corrected chi connectivity index (χ2v) is 10.1. The first-order valence-corrected chi connectivity index (χ1v) is 12.0. The predicted molar refractivity (Wildman–Crippen MR) is 133 cm³/mol. The van der Waals surface area contributed by atoms with E-state index in [0.717, 1.165) is 23.4 Å². The summed E-state index contributed by atoms with van der Waals surface area (Å²) >= 11 is 0. The maximum Gasteiger partial charge on any atom is 0.416 e. The fourth-order valence-electron chi connectivity index (χ4n) is 5.49. The fourth-order valence-corrected chi connectivity index (χ4v) is 5.49. The summed E-state index contributed by atoms with van der Waals surface area (Å²) < 4.78 is 39.4. The number of halogens is 3. The molecule has 1 saturated heterocycles. The van der Waals surface area contributed by atoms with Gasteiger partial charge in [-0.15, -0.1) is 0 Å². The molecule has 1 aromatic heterocycles. The SMILES string of the molecule is C[C@H](NC(=O)c1ccc2c(c1)C1CN(C)CC1(C)C(=O)N2c1ccc(C(F)(F)F)cc1)c1ccccn1. The zero-order chi connectivity index (χ0) is 26.5. The number of anilines is 2. The number of hydrogen-bond donors (Lipinski definition) is 1. The Hall–Kier alpha value is -3.72. The fraction of sp³-hybridized carbons (Fsp3) is 0.321. The normalized spacial score (nSPS) is 22.4. The third kappa shape index (κ3) is 4.37. The molecular weight excluding hydrogens is 481 g/mol. The number of alkyl halides is 3. The molecule has 3 aromatic rings. The Morgan fingerprint density at radius 2 is 1.86 bits per heavy atom. The topological polar surface area (TPSA) is 65.5 Å². The van der Waals surface area contributed by atoms with Crippen molar-refractivity contribution >= 4 is 23.2 Å². The Bertz CT molecular complexity index is 1340. The van der Waals surface area contributed by atoms with E-state index in [-0.39, 0.29) is 23.8 Å². The van der Waals surface area contributed by atoms with E-state index in [0.29, 0.717) is 30.0 Å². The maximum absolute atomic E-state index is 13.8. The second kappa shape index (κ2) is 8.99. The summed E-state index contributed by atoms with van der Waals surface area (Å²) in [6.07, 6.45) is -2.80. The van der Waals surface area contributed by atoms with Gasteiger partial charge in [0, 0.05) is 36.5 Å². The van der Waals surface area contributed by atoms with Gasteiger partial charge in [-0.1, -0.05) is 6.07 Å². The number of pyridine rings is 1. The molecule has 2 aliphatic heterocycles. The molecule has 0 spiro atoms. The van der Waals surface area contributed by atoms with Crippen molar-refractivity contribution < 1.29 is 22.8 Å². The summed E-state index contributed by atoms with van der Waals surface area (Å²) in [7, 11) is 1.93. The number of benzene rings is 2. The van der Waals surface area contributed by atoms with E-state index in [1.807, 2.05) is 33.0 Å². The summed E-state index contributed by atoms with van der Waals surface area (Å²) in [5, 5.41) is 2.97. The van der Waals surface area contributed by atoms with Crippen molar-refractivity contribution in [3.05, 3.63) is 89.2 Å². The van der Waals surface area contributed by atoms with Gasteiger partial charge in [0.1, 0.15) is 0 Å². The van der Waals surface area contributed by atoms with Gasteiger partial charge in [-0.25, -0.2) is 0 Å². The Kier molecular flexibility index (Phi) is 6.06. The van der Waals surface area contributed by atoms with Crippen LogP contribution in [0.2, 0.25) is 0 Å². The van der Waals surface area contributed by atoms with E-state index in [9.17, 15) is 22.8 Å². The molecule has 1 N–H and O–H groups in total. The molecule has 2 aliphatic rings. The van der Waals surface area contributed by atoms with E-state index >= 15 is 0 Å². The highest BCUT2D eigenvalue weighted by Gasteiger charge is 2.54. The zero-order valence-electron chi connectivity index (χ0n) is 20.7.